The molecule has 6 rings (SSSR count). The van der Waals surface area contributed by atoms with Crippen LogP contribution in [0, 0.1) is 0 Å². The Morgan fingerprint density at radius 2 is 1.91 bits per heavy atom. The number of aryl methyl sites for hydroxylation is 2. The highest BCUT2D eigenvalue weighted by atomic mass is 32.2. The molecule has 3 aliphatic rings. The van der Waals surface area contributed by atoms with Crippen molar-refractivity contribution in [2.24, 2.45) is 4.99 Å². The molecule has 182 valence electrons. The summed E-state index contributed by atoms with van der Waals surface area (Å²) in [6.07, 6.45) is 9.61. The van der Waals surface area contributed by atoms with Crippen LogP contribution in [0.15, 0.2) is 40.2 Å². The maximum atomic E-state index is 12.7. The molecule has 0 spiro atoms. The van der Waals surface area contributed by atoms with Crippen LogP contribution in [0.25, 0.3) is 0 Å². The number of pyridine rings is 1. The van der Waals surface area contributed by atoms with E-state index in [1.807, 2.05) is 31.2 Å². The van der Waals surface area contributed by atoms with Crippen LogP contribution >= 0.6 is 0 Å². The lowest BCUT2D eigenvalue weighted by Gasteiger charge is -2.15. The zero-order chi connectivity index (χ0) is 24.2. The lowest BCUT2D eigenvalue weighted by Crippen LogP contribution is -2.06. The summed E-state index contributed by atoms with van der Waals surface area (Å²) in [7, 11) is -3.40. The summed E-state index contributed by atoms with van der Waals surface area (Å²) < 4.78 is 27.5. The summed E-state index contributed by atoms with van der Waals surface area (Å²) in [5.41, 5.74) is 8.48. The van der Waals surface area contributed by atoms with E-state index in [0.29, 0.717) is 29.3 Å². The second-order valence-electron chi connectivity index (χ2n) is 10.2. The third-order valence-electron chi connectivity index (χ3n) is 7.15. The van der Waals surface area contributed by atoms with Gasteiger partial charge in [0.2, 0.25) is 0 Å². The molecule has 0 amide bonds. The van der Waals surface area contributed by atoms with Crippen molar-refractivity contribution in [2.45, 2.75) is 75.6 Å². The highest BCUT2D eigenvalue weighted by molar-refractivity contribution is 7.90. The number of aliphatic imine (C=N–C) groups is 1. The van der Waals surface area contributed by atoms with Crippen LogP contribution in [0.3, 0.4) is 0 Å². The molecule has 35 heavy (non-hydrogen) atoms. The smallest absolute Gasteiger partial charge is 0.177 e. The number of hydrogen-bond donors (Lipinski definition) is 1. The molecule has 0 atom stereocenters. The summed E-state index contributed by atoms with van der Waals surface area (Å²) in [5, 5.41) is 8.27. The van der Waals surface area contributed by atoms with Gasteiger partial charge in [-0.25, -0.2) is 8.42 Å². The van der Waals surface area contributed by atoms with Crippen molar-refractivity contribution in [2.75, 3.05) is 11.6 Å². The minimum absolute atomic E-state index is 0.338. The molecule has 3 aromatic rings. The topological polar surface area (TPSA) is 89.2 Å². The van der Waals surface area contributed by atoms with Crippen molar-refractivity contribution in [3.63, 3.8) is 0 Å². The van der Waals surface area contributed by atoms with Gasteiger partial charge in [0.15, 0.2) is 9.84 Å². The molecule has 0 radical (unpaired) electrons. The first-order chi connectivity index (χ1) is 16.8. The highest BCUT2D eigenvalue weighted by Crippen LogP contribution is 2.43. The number of anilines is 2. The third kappa shape index (κ3) is 4.63. The van der Waals surface area contributed by atoms with E-state index < -0.39 is 9.84 Å². The van der Waals surface area contributed by atoms with E-state index in [9.17, 15) is 8.42 Å². The largest absolute Gasteiger partial charge is 0.353 e. The first kappa shape index (κ1) is 22.5. The van der Waals surface area contributed by atoms with Crippen LogP contribution in [0.1, 0.15) is 73.3 Å². The van der Waals surface area contributed by atoms with Crippen molar-refractivity contribution >= 4 is 32.6 Å². The number of hydrogen-bond acceptors (Lipinski definition) is 6. The predicted octanol–water partition coefficient (Wildman–Crippen LogP) is 5.27. The summed E-state index contributed by atoms with van der Waals surface area (Å²) in [6, 6.07) is 10.0. The maximum Gasteiger partial charge on any atom is 0.177 e. The number of nitrogens with zero attached hydrogens (tertiary/aromatic N) is 4. The minimum Gasteiger partial charge on any atom is -0.353 e. The van der Waals surface area contributed by atoms with Gasteiger partial charge in [-0.1, -0.05) is 12.5 Å². The average Bonchev–Trinajstić information content (AvgIpc) is 3.53. The highest BCUT2D eigenvalue weighted by Gasteiger charge is 2.27. The van der Waals surface area contributed by atoms with Gasteiger partial charge >= 0.3 is 0 Å². The van der Waals surface area contributed by atoms with Crippen molar-refractivity contribution in [3.05, 3.63) is 58.7 Å². The fraction of sp³-hybridized carbons (Fsp3) is 0.444. The normalized spacial score (nSPS) is 17.5. The van der Waals surface area contributed by atoms with E-state index in [0.717, 1.165) is 65.5 Å². The predicted molar refractivity (Wildman–Crippen MR) is 138 cm³/mol. The SMILES string of the molecule is CC1=Nc2c(Nc3ccc(C4CC4)cc3S(C)(=O)=O)cc(Cc3cc4n(n3)CCCCC4)nc2C1. The molecule has 0 saturated heterocycles. The zero-order valence-corrected chi connectivity index (χ0v) is 21.2. The summed E-state index contributed by atoms with van der Waals surface area (Å²) in [6.45, 7) is 2.99. The Morgan fingerprint density at radius 1 is 1.06 bits per heavy atom. The monoisotopic (exact) mass is 489 g/mol. The second-order valence-corrected chi connectivity index (χ2v) is 12.2. The van der Waals surface area contributed by atoms with Crippen LogP contribution < -0.4 is 5.32 Å². The first-order valence-corrected chi connectivity index (χ1v) is 14.5. The Hall–Kier alpha value is -3.00. The van der Waals surface area contributed by atoms with E-state index in [2.05, 4.69) is 16.1 Å². The molecule has 8 heteroatoms. The van der Waals surface area contributed by atoms with Gasteiger partial charge in [0.05, 0.1) is 27.7 Å². The van der Waals surface area contributed by atoms with Crippen LogP contribution in [-0.4, -0.2) is 35.1 Å². The van der Waals surface area contributed by atoms with E-state index in [1.165, 1.54) is 31.2 Å². The first-order valence-electron chi connectivity index (χ1n) is 12.6. The van der Waals surface area contributed by atoms with E-state index >= 15 is 0 Å². The van der Waals surface area contributed by atoms with Crippen molar-refractivity contribution in [3.8, 4) is 0 Å². The number of sulfone groups is 1. The van der Waals surface area contributed by atoms with Gasteiger partial charge in [-0.05, 0) is 74.8 Å². The fourth-order valence-corrected chi connectivity index (χ4v) is 6.12. The van der Waals surface area contributed by atoms with E-state index in [1.54, 1.807) is 0 Å². The van der Waals surface area contributed by atoms with Crippen LogP contribution in [0.2, 0.25) is 0 Å². The molecule has 2 aromatic heterocycles. The van der Waals surface area contributed by atoms with Gasteiger partial charge in [0.25, 0.3) is 0 Å². The van der Waals surface area contributed by atoms with Gasteiger partial charge in [0.1, 0.15) is 5.69 Å². The maximum absolute atomic E-state index is 12.7. The van der Waals surface area contributed by atoms with Crippen LogP contribution in [0.5, 0.6) is 0 Å². The summed E-state index contributed by atoms with van der Waals surface area (Å²) in [4.78, 5) is 9.99. The molecule has 1 saturated carbocycles. The van der Waals surface area contributed by atoms with Crippen molar-refractivity contribution in [1.29, 1.82) is 0 Å². The molecule has 1 N–H and O–H groups in total. The van der Waals surface area contributed by atoms with Crippen LogP contribution in [-0.2, 0) is 35.6 Å². The number of benzene rings is 1. The fourth-order valence-electron chi connectivity index (χ4n) is 5.25. The molecule has 7 nitrogen and oxygen atoms in total. The van der Waals surface area contributed by atoms with Gasteiger partial charge in [-0.3, -0.25) is 14.7 Å². The Balaban J connectivity index is 1.36. The minimum atomic E-state index is -3.40. The van der Waals surface area contributed by atoms with Gasteiger partial charge in [-0.15, -0.1) is 0 Å². The third-order valence-corrected chi connectivity index (χ3v) is 8.28. The molecule has 0 unspecified atom stereocenters. The van der Waals surface area contributed by atoms with Crippen LogP contribution in [0.4, 0.5) is 17.1 Å². The number of nitrogens with one attached hydrogen (secondary N) is 1. The Kier molecular flexibility index (Phi) is 5.51. The molecular weight excluding hydrogens is 458 g/mol. The van der Waals surface area contributed by atoms with E-state index in [4.69, 9.17) is 15.1 Å². The number of fused-ring (bicyclic) bond motifs is 2. The van der Waals surface area contributed by atoms with Crippen molar-refractivity contribution < 1.29 is 8.42 Å². The quantitative estimate of drug-likeness (QED) is 0.510. The molecule has 1 fully saturated rings. The molecule has 0 bridgehead atoms. The number of rotatable bonds is 6. The molecular formula is C27H31N5O2S. The lowest BCUT2D eigenvalue weighted by molar-refractivity contribution is 0.570. The lowest BCUT2D eigenvalue weighted by atomic mass is 10.1. The van der Waals surface area contributed by atoms with Crippen molar-refractivity contribution in [1.82, 2.24) is 14.8 Å². The summed E-state index contributed by atoms with van der Waals surface area (Å²) >= 11 is 0. The molecule has 1 aliphatic carbocycles. The Morgan fingerprint density at radius 3 is 2.71 bits per heavy atom. The average molecular weight is 490 g/mol. The standard InChI is InChI=1S/C27H31N5O2S/c1-17-12-24-27(28-17)25(30-23-10-9-19(18-7-8-18)13-26(23)35(2,33)34)16-20(29-24)14-21-15-22-6-4-3-5-11-32(22)31-21/h9-10,13,15-16,18H,3-8,11-12,14H2,1-2H3,(H,29,30). The Labute approximate surface area is 206 Å². The van der Waals surface area contributed by atoms with Gasteiger partial charge in [-0.2, -0.15) is 5.10 Å². The van der Waals surface area contributed by atoms with Gasteiger partial charge < -0.3 is 5.32 Å². The molecule has 2 aliphatic heterocycles. The van der Waals surface area contributed by atoms with Gasteiger partial charge in [0, 0.05) is 42.7 Å². The molecule has 4 heterocycles. The zero-order valence-electron chi connectivity index (χ0n) is 20.3. The molecule has 1 aromatic carbocycles. The Bertz CT molecular complexity index is 1430. The summed E-state index contributed by atoms with van der Waals surface area (Å²) in [5.74, 6) is 0.485. The number of aromatic nitrogens is 3. The second kappa shape index (κ2) is 8.59. The van der Waals surface area contributed by atoms with E-state index in [-0.39, 0.29) is 0 Å².